The molecule has 2 aliphatic rings. The van der Waals surface area contributed by atoms with Crippen molar-refractivity contribution in [1.82, 2.24) is 0 Å². The maximum Gasteiger partial charge on any atom is 0.169 e. The van der Waals surface area contributed by atoms with Crippen molar-refractivity contribution in [2.75, 3.05) is 0 Å². The molecule has 1 heterocycles. The van der Waals surface area contributed by atoms with Gasteiger partial charge in [0, 0.05) is 0 Å². The number of hydrogen-bond acceptors (Lipinski definition) is 0. The van der Waals surface area contributed by atoms with Gasteiger partial charge in [-0.2, -0.15) is 0 Å². The molecule has 0 radical (unpaired) electrons. The number of allylic oxidation sites excluding steroid dienone is 2. The van der Waals surface area contributed by atoms with Crippen molar-refractivity contribution in [2.45, 2.75) is 109 Å². The summed E-state index contributed by atoms with van der Waals surface area (Å²) >= 11 is 0. The van der Waals surface area contributed by atoms with Crippen molar-refractivity contribution in [1.29, 1.82) is 0 Å². The van der Waals surface area contributed by atoms with Crippen LogP contribution in [-0.4, -0.2) is 6.71 Å². The Kier molecular flexibility index (Phi) is 9.16. The van der Waals surface area contributed by atoms with Crippen LogP contribution >= 0.6 is 0 Å². The first-order valence-electron chi connectivity index (χ1n) is 10.6. The molecule has 1 heteroatoms. The van der Waals surface area contributed by atoms with E-state index in [1.807, 2.05) is 0 Å². The zero-order valence-corrected chi connectivity index (χ0v) is 15.7. The molecule has 1 atom stereocenters. The van der Waals surface area contributed by atoms with Gasteiger partial charge < -0.3 is 0 Å². The van der Waals surface area contributed by atoms with Crippen LogP contribution in [0.15, 0.2) is 24.2 Å². The predicted octanol–water partition coefficient (Wildman–Crippen LogP) is 7.63. The van der Waals surface area contributed by atoms with E-state index in [0.29, 0.717) is 0 Å². The Morgan fingerprint density at radius 2 is 1.30 bits per heavy atom. The largest absolute Gasteiger partial charge is 0.169 e. The average molecular weight is 314 g/mol. The molecule has 2 fully saturated rings. The van der Waals surface area contributed by atoms with Crippen molar-refractivity contribution in [3.63, 3.8) is 0 Å². The van der Waals surface area contributed by atoms with Crippen molar-refractivity contribution in [3.05, 3.63) is 24.2 Å². The monoisotopic (exact) mass is 314 g/mol. The topological polar surface area (TPSA) is 0 Å². The van der Waals surface area contributed by atoms with Crippen LogP contribution in [-0.2, 0) is 0 Å². The molecule has 0 spiro atoms. The summed E-state index contributed by atoms with van der Waals surface area (Å²) in [6, 6.07) is 0. The molecule has 130 valence electrons. The molecule has 2 rings (SSSR count). The fourth-order valence-electron chi connectivity index (χ4n) is 4.92. The zero-order chi connectivity index (χ0) is 16.3. The third-order valence-corrected chi connectivity index (χ3v) is 6.26. The van der Waals surface area contributed by atoms with Crippen molar-refractivity contribution < 1.29 is 0 Å². The van der Waals surface area contributed by atoms with E-state index in [1.165, 1.54) is 102 Å². The Morgan fingerprint density at radius 1 is 0.783 bits per heavy atom. The highest BCUT2D eigenvalue weighted by Crippen LogP contribution is 2.39. The van der Waals surface area contributed by atoms with Crippen LogP contribution < -0.4 is 0 Å². The van der Waals surface area contributed by atoms with E-state index in [2.05, 4.69) is 25.6 Å². The smallest absolute Gasteiger partial charge is 0.115 e. The molecule has 0 nitrogen and oxygen atoms in total. The van der Waals surface area contributed by atoms with E-state index in [1.54, 1.807) is 0 Å². The van der Waals surface area contributed by atoms with Crippen LogP contribution in [0.25, 0.3) is 0 Å². The minimum atomic E-state index is 0.815. The van der Waals surface area contributed by atoms with Gasteiger partial charge in [-0.1, -0.05) is 120 Å². The van der Waals surface area contributed by atoms with Crippen molar-refractivity contribution >= 4 is 6.71 Å². The second kappa shape index (κ2) is 11.2. The lowest BCUT2D eigenvalue weighted by atomic mass is 9.35. The summed E-state index contributed by atoms with van der Waals surface area (Å²) < 4.78 is 0. The minimum Gasteiger partial charge on any atom is -0.115 e. The highest BCUT2D eigenvalue weighted by atomic mass is 14.2. The normalized spacial score (nSPS) is 26.7. The molecule has 23 heavy (non-hydrogen) atoms. The first-order chi connectivity index (χ1) is 11.3. The van der Waals surface area contributed by atoms with Gasteiger partial charge in [-0.25, -0.2) is 0 Å². The first kappa shape index (κ1) is 18.9. The second-order valence-electron chi connectivity index (χ2n) is 8.34. The number of rotatable bonds is 3. The molecule has 1 aliphatic heterocycles. The molecule has 1 aliphatic carbocycles. The van der Waals surface area contributed by atoms with Gasteiger partial charge in [0.2, 0.25) is 0 Å². The molecular formula is C22H39B. The third kappa shape index (κ3) is 7.31. The summed E-state index contributed by atoms with van der Waals surface area (Å²) in [5.41, 5.74) is 1.22. The molecule has 0 aromatic carbocycles. The zero-order valence-electron chi connectivity index (χ0n) is 15.7. The Morgan fingerprint density at radius 3 is 1.91 bits per heavy atom. The highest BCUT2D eigenvalue weighted by molar-refractivity contribution is 6.65. The van der Waals surface area contributed by atoms with E-state index in [9.17, 15) is 0 Å². The Hall–Kier alpha value is -0.455. The lowest BCUT2D eigenvalue weighted by Crippen LogP contribution is -2.26. The lowest BCUT2D eigenvalue weighted by Gasteiger charge is -2.31. The molecule has 0 aromatic rings. The molecule has 1 saturated heterocycles. The standard InChI is InChI=1S/C22H39B/c1-20(2)17-19-23-18-13-9-5-8-12-16-22(23)21-14-10-6-3-4-7-11-15-21/h17,19,21-22H,1,3-16,18H2,2H3. The van der Waals surface area contributed by atoms with Crippen LogP contribution in [0.1, 0.15) is 96.8 Å². The summed E-state index contributed by atoms with van der Waals surface area (Å²) in [5.74, 6) is 4.48. The van der Waals surface area contributed by atoms with Gasteiger partial charge in [0.05, 0.1) is 0 Å². The summed E-state index contributed by atoms with van der Waals surface area (Å²) in [6.07, 6.45) is 24.4. The van der Waals surface area contributed by atoms with Gasteiger partial charge in [-0.3, -0.25) is 0 Å². The average Bonchev–Trinajstić information content (AvgIpc) is 2.74. The fraction of sp³-hybridized carbons (Fsp3) is 0.818. The summed E-state index contributed by atoms with van der Waals surface area (Å²) in [4.78, 5) is 0. The molecule has 1 saturated carbocycles. The maximum absolute atomic E-state index is 4.09. The molecular weight excluding hydrogens is 275 g/mol. The fourth-order valence-corrected chi connectivity index (χ4v) is 4.92. The Bertz CT molecular complexity index is 347. The SMILES string of the molecule is C=C(C)C=CB1CCCCCCCC1C1CCCCCCCC1. The van der Waals surface area contributed by atoms with Gasteiger partial charge >= 0.3 is 0 Å². The van der Waals surface area contributed by atoms with Crippen molar-refractivity contribution in [3.8, 4) is 0 Å². The van der Waals surface area contributed by atoms with E-state index >= 15 is 0 Å². The van der Waals surface area contributed by atoms with Crippen LogP contribution in [0.2, 0.25) is 12.1 Å². The first-order valence-corrected chi connectivity index (χ1v) is 10.6. The van der Waals surface area contributed by atoms with Crippen molar-refractivity contribution in [2.24, 2.45) is 5.92 Å². The maximum atomic E-state index is 4.09. The van der Waals surface area contributed by atoms with Crippen LogP contribution in [0, 0.1) is 5.92 Å². The molecule has 0 N–H and O–H groups in total. The van der Waals surface area contributed by atoms with E-state index in [0.717, 1.165) is 18.4 Å². The van der Waals surface area contributed by atoms with E-state index in [-0.39, 0.29) is 0 Å². The highest BCUT2D eigenvalue weighted by Gasteiger charge is 2.30. The van der Waals surface area contributed by atoms with Crippen LogP contribution in [0.4, 0.5) is 0 Å². The van der Waals surface area contributed by atoms with Gasteiger partial charge in [0.15, 0.2) is 6.71 Å². The van der Waals surface area contributed by atoms with Crippen LogP contribution in [0.3, 0.4) is 0 Å². The lowest BCUT2D eigenvalue weighted by molar-refractivity contribution is 0.379. The van der Waals surface area contributed by atoms with Crippen LogP contribution in [0.5, 0.6) is 0 Å². The predicted molar refractivity (Wildman–Crippen MR) is 106 cm³/mol. The Balaban J connectivity index is 2.08. The molecule has 0 aromatic heterocycles. The van der Waals surface area contributed by atoms with E-state index < -0.39 is 0 Å². The van der Waals surface area contributed by atoms with Gasteiger partial charge in [-0.05, 0) is 12.8 Å². The van der Waals surface area contributed by atoms with Gasteiger partial charge in [0.1, 0.15) is 0 Å². The Labute approximate surface area is 146 Å². The van der Waals surface area contributed by atoms with Gasteiger partial charge in [0.25, 0.3) is 0 Å². The molecule has 1 unspecified atom stereocenters. The van der Waals surface area contributed by atoms with Gasteiger partial charge in [-0.15, -0.1) is 5.98 Å². The quantitative estimate of drug-likeness (QED) is 0.371. The van der Waals surface area contributed by atoms with E-state index in [4.69, 9.17) is 0 Å². The summed E-state index contributed by atoms with van der Waals surface area (Å²) in [6.45, 7) is 7.05. The third-order valence-electron chi connectivity index (χ3n) is 6.26. The summed E-state index contributed by atoms with van der Waals surface area (Å²) in [7, 11) is 0. The second-order valence-corrected chi connectivity index (χ2v) is 8.34. The molecule has 0 amide bonds. The molecule has 0 bridgehead atoms. The minimum absolute atomic E-state index is 0.815. The summed E-state index contributed by atoms with van der Waals surface area (Å²) in [5, 5.41) is 0. The number of hydrogen-bond donors (Lipinski definition) is 0.